The number of aliphatic carboxylic acids is 3. The van der Waals surface area contributed by atoms with Crippen LogP contribution in [0.1, 0.15) is 22.3 Å². The molecule has 0 aliphatic carbocycles. The smallest absolute Gasteiger partial charge is 0.335 e. The molecule has 12 nitrogen and oxygen atoms in total. The predicted molar refractivity (Wildman–Crippen MR) is 130 cm³/mol. The third-order valence-electron chi connectivity index (χ3n) is 6.15. The molecule has 0 atom stereocenters. The van der Waals surface area contributed by atoms with Gasteiger partial charge in [0.15, 0.2) is 0 Å². The Morgan fingerprint density at radius 2 is 0.944 bits per heavy atom. The number of aromatic carboxylic acids is 1. The highest BCUT2D eigenvalue weighted by Gasteiger charge is 2.20. The normalized spacial score (nSPS) is 17.7. The Bertz CT molecular complexity index is 847. The lowest BCUT2D eigenvalue weighted by atomic mass is 10.1. The summed E-state index contributed by atoms with van der Waals surface area (Å²) in [7, 11) is 0. The van der Waals surface area contributed by atoms with Gasteiger partial charge in [-0.15, -0.1) is 0 Å². The van der Waals surface area contributed by atoms with Crippen LogP contribution in [0.3, 0.4) is 0 Å². The molecule has 0 bridgehead atoms. The summed E-state index contributed by atoms with van der Waals surface area (Å²) in [4.78, 5) is 52.5. The average Bonchev–Trinajstić information content (AvgIpc) is 2.79. The third kappa shape index (κ3) is 11.6. The topological polar surface area (TPSA) is 162 Å². The zero-order valence-electron chi connectivity index (χ0n) is 20.4. The van der Waals surface area contributed by atoms with E-state index in [1.165, 1.54) is 0 Å². The number of hydrogen-bond acceptors (Lipinski definition) is 8. The van der Waals surface area contributed by atoms with E-state index in [1.54, 1.807) is 39.0 Å². The molecule has 1 aromatic rings. The van der Waals surface area contributed by atoms with Crippen LogP contribution in [0.15, 0.2) is 24.3 Å². The van der Waals surface area contributed by atoms with Gasteiger partial charge < -0.3 is 25.3 Å². The molecule has 2 rings (SSSR count). The summed E-state index contributed by atoms with van der Waals surface area (Å²) in [5.41, 5.74) is 1.26. The zero-order chi connectivity index (χ0) is 26.5. The minimum absolute atomic E-state index is 0.143. The van der Waals surface area contributed by atoms with Crippen LogP contribution in [0, 0.1) is 0 Å². The first-order chi connectivity index (χ1) is 17.1. The monoisotopic (exact) mass is 508 g/mol. The molecule has 4 N–H and O–H groups in total. The Morgan fingerprint density at radius 1 is 0.583 bits per heavy atom. The molecular formula is C24H36N4O8. The average molecular weight is 509 g/mol. The zero-order valence-corrected chi connectivity index (χ0v) is 20.4. The van der Waals surface area contributed by atoms with Crippen LogP contribution in [-0.2, 0) is 20.8 Å². The van der Waals surface area contributed by atoms with Gasteiger partial charge in [0.1, 0.15) is 0 Å². The fraction of sp³-hybridized carbons (Fsp3) is 0.583. The Hall–Kier alpha value is -3.06. The quantitative estimate of drug-likeness (QED) is 0.312. The second-order valence-corrected chi connectivity index (χ2v) is 8.96. The number of nitrogens with zero attached hydrogens (tertiary/aromatic N) is 4. The van der Waals surface area contributed by atoms with Crippen molar-refractivity contribution in [3.05, 3.63) is 35.4 Å². The summed E-state index contributed by atoms with van der Waals surface area (Å²) >= 11 is 0. The van der Waals surface area contributed by atoms with Crippen LogP contribution in [0.25, 0.3) is 0 Å². The van der Waals surface area contributed by atoms with Crippen LogP contribution < -0.4 is 0 Å². The summed E-state index contributed by atoms with van der Waals surface area (Å²) in [5, 5.41) is 36.9. The molecule has 1 aromatic carbocycles. The molecule has 200 valence electrons. The van der Waals surface area contributed by atoms with E-state index >= 15 is 0 Å². The maximum Gasteiger partial charge on any atom is 0.335 e. The van der Waals surface area contributed by atoms with Crippen molar-refractivity contribution < 1.29 is 39.6 Å². The van der Waals surface area contributed by atoms with E-state index in [0.29, 0.717) is 58.9 Å². The highest BCUT2D eigenvalue weighted by atomic mass is 16.4. The molecule has 1 saturated heterocycles. The number of rotatable bonds is 11. The van der Waals surface area contributed by atoms with Crippen molar-refractivity contribution in [2.24, 2.45) is 0 Å². The van der Waals surface area contributed by atoms with E-state index in [2.05, 4.69) is 4.90 Å². The van der Waals surface area contributed by atoms with E-state index in [9.17, 15) is 34.5 Å². The maximum atomic E-state index is 11.4. The molecule has 1 heterocycles. The largest absolute Gasteiger partial charge is 0.480 e. The van der Waals surface area contributed by atoms with Crippen molar-refractivity contribution in [3.8, 4) is 0 Å². The van der Waals surface area contributed by atoms with E-state index in [-0.39, 0.29) is 25.2 Å². The first kappa shape index (κ1) is 29.2. The van der Waals surface area contributed by atoms with E-state index < -0.39 is 23.9 Å². The van der Waals surface area contributed by atoms with Crippen molar-refractivity contribution in [2.75, 3.05) is 78.5 Å². The van der Waals surface area contributed by atoms with Gasteiger partial charge in [-0.2, -0.15) is 0 Å². The van der Waals surface area contributed by atoms with Crippen molar-refractivity contribution in [1.82, 2.24) is 19.6 Å². The van der Waals surface area contributed by atoms with E-state index in [1.807, 2.05) is 0 Å². The van der Waals surface area contributed by atoms with Gasteiger partial charge in [-0.1, -0.05) is 12.1 Å². The highest BCUT2D eigenvalue weighted by molar-refractivity contribution is 5.87. The molecule has 0 aromatic heterocycles. The lowest BCUT2D eigenvalue weighted by Gasteiger charge is -2.33. The summed E-state index contributed by atoms with van der Waals surface area (Å²) in [6.07, 6.45) is 1.55. The summed E-state index contributed by atoms with van der Waals surface area (Å²) < 4.78 is 0. The van der Waals surface area contributed by atoms with Gasteiger partial charge in [0.2, 0.25) is 0 Å². The lowest BCUT2D eigenvalue weighted by molar-refractivity contribution is -0.140. The first-order valence-corrected chi connectivity index (χ1v) is 12.0. The van der Waals surface area contributed by atoms with E-state index in [4.69, 9.17) is 5.11 Å². The molecule has 0 spiro atoms. The summed E-state index contributed by atoms with van der Waals surface area (Å²) in [5.74, 6) is -3.85. The lowest BCUT2D eigenvalue weighted by Crippen LogP contribution is -2.48. The van der Waals surface area contributed by atoms with Gasteiger partial charge in [0.25, 0.3) is 0 Å². The van der Waals surface area contributed by atoms with Crippen LogP contribution in [0.2, 0.25) is 0 Å². The molecular weight excluding hydrogens is 472 g/mol. The Balaban J connectivity index is 2.04. The van der Waals surface area contributed by atoms with Crippen LogP contribution >= 0.6 is 0 Å². The fourth-order valence-corrected chi connectivity index (χ4v) is 4.17. The molecule has 0 amide bonds. The van der Waals surface area contributed by atoms with E-state index in [0.717, 1.165) is 18.4 Å². The molecule has 1 fully saturated rings. The number of carboxylic acid groups (broad SMARTS) is 4. The molecule has 1 aliphatic heterocycles. The number of aryl methyl sites for hydroxylation is 1. The van der Waals surface area contributed by atoms with Crippen LogP contribution in [0.5, 0.6) is 0 Å². The third-order valence-corrected chi connectivity index (χ3v) is 6.15. The van der Waals surface area contributed by atoms with Gasteiger partial charge in [0.05, 0.1) is 25.2 Å². The second-order valence-electron chi connectivity index (χ2n) is 8.96. The van der Waals surface area contributed by atoms with Gasteiger partial charge in [-0.3, -0.25) is 29.1 Å². The fourth-order valence-electron chi connectivity index (χ4n) is 4.17. The standard InChI is InChI=1S/C24H36N4O8/c29-21(30)16-26-10-8-25(7-1-2-19-3-5-20(6-4-19)24(35)36)9-11-27(17-22(31)32)13-15-28(14-12-26)18-23(33)34/h3-6H,1-2,7-18H2,(H,29,30)(H,31,32)(H,33,34)(H,35,36). The van der Waals surface area contributed by atoms with Crippen molar-refractivity contribution in [3.63, 3.8) is 0 Å². The molecule has 1 aliphatic rings. The molecule has 36 heavy (non-hydrogen) atoms. The Kier molecular flexibility index (Phi) is 12.3. The van der Waals surface area contributed by atoms with Crippen molar-refractivity contribution in [2.45, 2.75) is 12.8 Å². The highest BCUT2D eigenvalue weighted by Crippen LogP contribution is 2.08. The van der Waals surface area contributed by atoms with Gasteiger partial charge in [-0.05, 0) is 37.1 Å². The number of hydrogen-bond donors (Lipinski definition) is 4. The number of benzene rings is 1. The molecule has 0 radical (unpaired) electrons. The maximum absolute atomic E-state index is 11.4. The molecule has 0 unspecified atom stereocenters. The second kappa shape index (κ2) is 15.1. The van der Waals surface area contributed by atoms with Gasteiger partial charge >= 0.3 is 23.9 Å². The summed E-state index contributed by atoms with van der Waals surface area (Å²) in [6.45, 7) is 3.90. The predicted octanol–water partition coefficient (Wildman–Crippen LogP) is -0.207. The van der Waals surface area contributed by atoms with Crippen molar-refractivity contribution >= 4 is 23.9 Å². The number of carboxylic acids is 4. The minimum Gasteiger partial charge on any atom is -0.480 e. The summed E-state index contributed by atoms with van der Waals surface area (Å²) in [6, 6.07) is 6.75. The van der Waals surface area contributed by atoms with Gasteiger partial charge in [-0.25, -0.2) is 4.79 Å². The Morgan fingerprint density at radius 3 is 1.28 bits per heavy atom. The molecule has 12 heteroatoms. The molecule has 0 saturated carbocycles. The van der Waals surface area contributed by atoms with Crippen LogP contribution in [-0.4, -0.2) is 142 Å². The SMILES string of the molecule is O=C(O)CN1CCN(CCCc2ccc(C(=O)O)cc2)CCN(CC(=O)O)CCN(CC(=O)O)CC1. The van der Waals surface area contributed by atoms with Crippen molar-refractivity contribution in [1.29, 1.82) is 0 Å². The van der Waals surface area contributed by atoms with Crippen LogP contribution in [0.4, 0.5) is 0 Å². The Labute approximate surface area is 210 Å². The first-order valence-electron chi connectivity index (χ1n) is 12.0. The number of carbonyl (C=O) groups is 4. The van der Waals surface area contributed by atoms with Gasteiger partial charge in [0, 0.05) is 52.4 Å². The minimum atomic E-state index is -0.986.